The topological polar surface area (TPSA) is 52.6 Å². The van der Waals surface area contributed by atoms with Gasteiger partial charge in [-0.1, -0.05) is 30.4 Å². The summed E-state index contributed by atoms with van der Waals surface area (Å²) >= 11 is 0. The minimum absolute atomic E-state index is 0.105. The third-order valence-electron chi connectivity index (χ3n) is 4.40. The molecule has 0 fully saturated rings. The molecule has 1 aliphatic carbocycles. The van der Waals surface area contributed by atoms with Crippen molar-refractivity contribution in [1.82, 2.24) is 0 Å². The van der Waals surface area contributed by atoms with Gasteiger partial charge in [0.05, 0.1) is 14.2 Å². The Hall–Kier alpha value is -2.43. The zero-order valence-electron chi connectivity index (χ0n) is 14.1. The van der Waals surface area contributed by atoms with Crippen molar-refractivity contribution in [3.05, 3.63) is 59.4 Å². The molecule has 4 nitrogen and oxygen atoms in total. The van der Waals surface area contributed by atoms with Gasteiger partial charge in [0.15, 0.2) is 5.41 Å². The lowest BCUT2D eigenvalue weighted by Crippen LogP contribution is -2.38. The van der Waals surface area contributed by atoms with Crippen LogP contribution >= 0.6 is 0 Å². The van der Waals surface area contributed by atoms with E-state index in [0.29, 0.717) is 6.42 Å². The van der Waals surface area contributed by atoms with Crippen LogP contribution in [0.2, 0.25) is 0 Å². The van der Waals surface area contributed by atoms with Crippen LogP contribution in [-0.4, -0.2) is 26.2 Å². The first-order chi connectivity index (χ1) is 11.3. The molecule has 0 N–H and O–H groups in total. The highest BCUT2D eigenvalue weighted by atomic mass is 19.1. The zero-order chi connectivity index (χ0) is 17.9. The van der Waals surface area contributed by atoms with Crippen LogP contribution in [0.4, 0.5) is 4.39 Å². The first-order valence-electron chi connectivity index (χ1n) is 7.64. The Morgan fingerprint density at radius 3 is 2.21 bits per heavy atom. The van der Waals surface area contributed by atoms with Crippen LogP contribution in [0.3, 0.4) is 0 Å². The standard InChI is InChI=1S/C19H21FO4/c1-12(2)16-11-19(17(21)23-3,18(22)24-4)10-14(16)9-13-5-7-15(20)8-6-13/h5-8,11,14H,1,9-10H2,2-4H3. The molecule has 0 bridgehead atoms. The summed E-state index contributed by atoms with van der Waals surface area (Å²) in [5.41, 5.74) is 1.06. The number of ether oxygens (including phenoxy) is 2. The molecule has 0 saturated heterocycles. The normalized spacial score (nSPS) is 18.7. The van der Waals surface area contributed by atoms with Gasteiger partial charge in [-0.25, -0.2) is 4.39 Å². The summed E-state index contributed by atoms with van der Waals surface area (Å²) < 4.78 is 22.8. The molecule has 128 valence electrons. The quantitative estimate of drug-likeness (QED) is 0.614. The average Bonchev–Trinajstić information content (AvgIpc) is 2.96. The lowest BCUT2D eigenvalue weighted by molar-refractivity contribution is -0.165. The van der Waals surface area contributed by atoms with Gasteiger partial charge in [0.25, 0.3) is 0 Å². The molecule has 0 aromatic heterocycles. The van der Waals surface area contributed by atoms with Crippen LogP contribution in [0.5, 0.6) is 0 Å². The summed E-state index contributed by atoms with van der Waals surface area (Å²) in [4.78, 5) is 24.6. The van der Waals surface area contributed by atoms with Crippen molar-refractivity contribution in [1.29, 1.82) is 0 Å². The van der Waals surface area contributed by atoms with E-state index < -0.39 is 17.4 Å². The van der Waals surface area contributed by atoms with E-state index >= 15 is 0 Å². The monoisotopic (exact) mass is 332 g/mol. The number of methoxy groups -OCH3 is 2. The van der Waals surface area contributed by atoms with E-state index in [0.717, 1.165) is 16.7 Å². The van der Waals surface area contributed by atoms with Gasteiger partial charge >= 0.3 is 11.9 Å². The first kappa shape index (κ1) is 17.9. The fourth-order valence-electron chi connectivity index (χ4n) is 3.23. The Morgan fingerprint density at radius 1 is 1.21 bits per heavy atom. The smallest absolute Gasteiger partial charge is 0.327 e. The van der Waals surface area contributed by atoms with Gasteiger partial charge in [-0.3, -0.25) is 9.59 Å². The van der Waals surface area contributed by atoms with Gasteiger partial charge in [0, 0.05) is 0 Å². The summed E-state index contributed by atoms with van der Waals surface area (Å²) in [7, 11) is 2.49. The molecule has 0 spiro atoms. The van der Waals surface area contributed by atoms with E-state index in [1.54, 1.807) is 18.2 Å². The van der Waals surface area contributed by atoms with E-state index in [4.69, 9.17) is 9.47 Å². The minimum atomic E-state index is -1.46. The maximum absolute atomic E-state index is 13.1. The maximum Gasteiger partial charge on any atom is 0.327 e. The number of allylic oxidation sites excluding steroid dienone is 2. The zero-order valence-corrected chi connectivity index (χ0v) is 14.1. The molecule has 0 radical (unpaired) electrons. The van der Waals surface area contributed by atoms with Crippen molar-refractivity contribution >= 4 is 11.9 Å². The molecular weight excluding hydrogens is 311 g/mol. The van der Waals surface area contributed by atoms with Gasteiger partial charge in [-0.2, -0.15) is 0 Å². The second-order valence-corrected chi connectivity index (χ2v) is 6.07. The average molecular weight is 332 g/mol. The van der Waals surface area contributed by atoms with Crippen LogP contribution in [0.1, 0.15) is 18.9 Å². The number of halogens is 1. The highest BCUT2D eigenvalue weighted by Crippen LogP contribution is 2.45. The third kappa shape index (κ3) is 3.25. The van der Waals surface area contributed by atoms with Gasteiger partial charge in [0.1, 0.15) is 5.82 Å². The molecule has 24 heavy (non-hydrogen) atoms. The van der Waals surface area contributed by atoms with Gasteiger partial charge in [-0.05, 0) is 49.0 Å². The number of esters is 2. The van der Waals surface area contributed by atoms with Crippen LogP contribution in [-0.2, 0) is 25.5 Å². The SMILES string of the molecule is C=C(C)C1=CC(C(=O)OC)(C(=O)OC)CC1Cc1ccc(F)cc1. The fourth-order valence-corrected chi connectivity index (χ4v) is 3.23. The molecule has 2 rings (SSSR count). The molecular formula is C19H21FO4. The number of carbonyl (C=O) groups excluding carboxylic acids is 2. The molecule has 1 aromatic carbocycles. The summed E-state index contributed by atoms with van der Waals surface area (Å²) in [5, 5.41) is 0. The Balaban J connectivity index is 2.38. The highest BCUT2D eigenvalue weighted by Gasteiger charge is 2.52. The van der Waals surface area contributed by atoms with Crippen LogP contribution < -0.4 is 0 Å². The summed E-state index contributed by atoms with van der Waals surface area (Å²) in [6.07, 6.45) is 2.42. The number of benzene rings is 1. The second-order valence-electron chi connectivity index (χ2n) is 6.07. The number of rotatable bonds is 5. The number of hydrogen-bond donors (Lipinski definition) is 0. The maximum atomic E-state index is 13.1. The fraction of sp³-hybridized carbons (Fsp3) is 0.368. The Morgan fingerprint density at radius 2 is 1.75 bits per heavy atom. The first-order valence-corrected chi connectivity index (χ1v) is 7.64. The van der Waals surface area contributed by atoms with E-state index in [2.05, 4.69) is 6.58 Å². The van der Waals surface area contributed by atoms with Crippen molar-refractivity contribution in [2.45, 2.75) is 19.8 Å². The number of carbonyl (C=O) groups is 2. The summed E-state index contributed by atoms with van der Waals surface area (Å²) in [5.74, 6) is -1.70. The van der Waals surface area contributed by atoms with Gasteiger partial charge < -0.3 is 9.47 Å². The van der Waals surface area contributed by atoms with E-state index in [1.165, 1.54) is 26.4 Å². The van der Waals surface area contributed by atoms with Crippen molar-refractivity contribution in [2.24, 2.45) is 11.3 Å². The van der Waals surface area contributed by atoms with Crippen LogP contribution in [0.15, 0.2) is 48.1 Å². The lowest BCUT2D eigenvalue weighted by Gasteiger charge is -2.23. The largest absolute Gasteiger partial charge is 0.468 e. The van der Waals surface area contributed by atoms with Crippen molar-refractivity contribution in [2.75, 3.05) is 14.2 Å². The molecule has 1 unspecified atom stereocenters. The molecule has 0 amide bonds. The highest BCUT2D eigenvalue weighted by molar-refractivity contribution is 6.03. The van der Waals surface area contributed by atoms with Crippen LogP contribution in [0.25, 0.3) is 0 Å². The molecule has 1 aromatic rings. The summed E-state index contributed by atoms with van der Waals surface area (Å²) in [6, 6.07) is 6.17. The molecule has 0 heterocycles. The predicted octanol–water partition coefficient (Wildman–Crippen LogP) is 3.22. The van der Waals surface area contributed by atoms with E-state index in [-0.39, 0.29) is 18.2 Å². The molecule has 1 aliphatic rings. The number of hydrogen-bond acceptors (Lipinski definition) is 4. The van der Waals surface area contributed by atoms with Crippen molar-refractivity contribution < 1.29 is 23.5 Å². The third-order valence-corrected chi connectivity index (χ3v) is 4.40. The van der Waals surface area contributed by atoms with Gasteiger partial charge in [0.2, 0.25) is 0 Å². The van der Waals surface area contributed by atoms with E-state index in [1.807, 2.05) is 6.92 Å². The van der Waals surface area contributed by atoms with Crippen molar-refractivity contribution in [3.63, 3.8) is 0 Å². The van der Waals surface area contributed by atoms with Gasteiger partial charge in [-0.15, -0.1) is 0 Å². The summed E-state index contributed by atoms with van der Waals surface area (Å²) in [6.45, 7) is 5.77. The Bertz CT molecular complexity index is 672. The second kappa shape index (κ2) is 6.99. The molecule has 0 saturated carbocycles. The predicted molar refractivity (Wildman–Crippen MR) is 87.6 cm³/mol. The lowest BCUT2D eigenvalue weighted by atomic mass is 9.83. The Kier molecular flexibility index (Phi) is 5.22. The minimum Gasteiger partial charge on any atom is -0.468 e. The van der Waals surface area contributed by atoms with Crippen molar-refractivity contribution in [3.8, 4) is 0 Å². The Labute approximate surface area is 141 Å². The van der Waals surface area contributed by atoms with E-state index in [9.17, 15) is 14.0 Å². The molecule has 1 atom stereocenters. The molecule has 0 aliphatic heterocycles. The molecule has 5 heteroatoms. The van der Waals surface area contributed by atoms with Crippen LogP contribution in [0, 0.1) is 17.2 Å².